The number of benzene rings is 1. The van der Waals surface area contributed by atoms with E-state index in [0.29, 0.717) is 18.8 Å². The Morgan fingerprint density at radius 3 is 2.81 bits per heavy atom. The second kappa shape index (κ2) is 6.49. The highest BCUT2D eigenvalue weighted by molar-refractivity contribution is 7.89. The van der Waals surface area contributed by atoms with Gasteiger partial charge in [-0.15, -0.1) is 0 Å². The van der Waals surface area contributed by atoms with Gasteiger partial charge in [-0.3, -0.25) is 9.48 Å². The van der Waals surface area contributed by atoms with Crippen LogP contribution in [0.5, 0.6) is 0 Å². The number of nitrogens with two attached hydrogens (primary N) is 1. The van der Waals surface area contributed by atoms with E-state index in [9.17, 15) is 13.2 Å². The van der Waals surface area contributed by atoms with E-state index in [0.717, 1.165) is 42.6 Å². The normalized spacial score (nSPS) is 19.6. The second-order valence-electron chi connectivity index (χ2n) is 6.76. The van der Waals surface area contributed by atoms with Gasteiger partial charge in [0.25, 0.3) is 5.91 Å². The fourth-order valence-corrected chi connectivity index (χ4v) is 4.15. The Bertz CT molecular complexity index is 950. The van der Waals surface area contributed by atoms with Crippen LogP contribution in [0.15, 0.2) is 29.2 Å². The third kappa shape index (κ3) is 3.25. The van der Waals surface area contributed by atoms with E-state index in [1.807, 2.05) is 4.68 Å². The van der Waals surface area contributed by atoms with Crippen molar-refractivity contribution in [2.24, 2.45) is 5.14 Å². The highest BCUT2D eigenvalue weighted by Crippen LogP contribution is 2.25. The SMILES string of the molecule is NS(=O)(=O)c1ccc(CNC2CCc3nn4c(c3C2)C(=O)NCC4)cc1. The molecule has 0 saturated carbocycles. The number of sulfonamides is 1. The summed E-state index contributed by atoms with van der Waals surface area (Å²) in [4.78, 5) is 12.3. The van der Waals surface area contributed by atoms with Gasteiger partial charge in [0.1, 0.15) is 5.69 Å². The lowest BCUT2D eigenvalue weighted by atomic mass is 9.91. The molecule has 0 fully saturated rings. The predicted octanol–water partition coefficient (Wildman–Crippen LogP) is -0.0790. The number of nitrogens with zero attached hydrogens (tertiary/aromatic N) is 2. The Labute approximate surface area is 151 Å². The standard InChI is InChI=1S/C17H21N5O3S/c18-26(24,25)13-4-1-11(2-5-13)10-20-12-3-6-15-14(9-12)16-17(23)19-7-8-22(16)21-15/h1-2,4-5,12,20H,3,6-10H2,(H,19,23)(H2,18,24,25). The molecule has 8 nitrogen and oxygen atoms in total. The monoisotopic (exact) mass is 375 g/mol. The molecule has 0 radical (unpaired) electrons. The van der Waals surface area contributed by atoms with Crippen molar-refractivity contribution in [3.63, 3.8) is 0 Å². The number of aryl methyl sites for hydroxylation is 1. The minimum absolute atomic E-state index is 0.0377. The van der Waals surface area contributed by atoms with Crippen LogP contribution in [0, 0.1) is 0 Å². The fourth-order valence-electron chi connectivity index (χ4n) is 3.63. The Kier molecular flexibility index (Phi) is 4.29. The lowest BCUT2D eigenvalue weighted by Gasteiger charge is -2.24. The van der Waals surface area contributed by atoms with Gasteiger partial charge in [0, 0.05) is 24.7 Å². The van der Waals surface area contributed by atoms with Crippen molar-refractivity contribution < 1.29 is 13.2 Å². The third-order valence-corrected chi connectivity index (χ3v) is 5.91. The first kappa shape index (κ1) is 17.2. The molecule has 0 bridgehead atoms. The average molecular weight is 375 g/mol. The minimum Gasteiger partial charge on any atom is -0.349 e. The summed E-state index contributed by atoms with van der Waals surface area (Å²) in [7, 11) is -3.66. The van der Waals surface area contributed by atoms with E-state index in [4.69, 9.17) is 5.14 Å². The number of amides is 1. The zero-order valence-electron chi connectivity index (χ0n) is 14.2. The maximum absolute atomic E-state index is 12.2. The van der Waals surface area contributed by atoms with Crippen LogP contribution in [0.4, 0.5) is 0 Å². The molecule has 0 spiro atoms. The number of carbonyl (C=O) groups excluding carboxylic acids is 1. The van der Waals surface area contributed by atoms with Crippen molar-refractivity contribution in [3.8, 4) is 0 Å². The van der Waals surface area contributed by atoms with Gasteiger partial charge in [-0.1, -0.05) is 12.1 Å². The van der Waals surface area contributed by atoms with Crippen molar-refractivity contribution in [1.29, 1.82) is 0 Å². The number of rotatable bonds is 4. The van der Waals surface area contributed by atoms with Gasteiger partial charge in [-0.2, -0.15) is 5.10 Å². The molecule has 1 unspecified atom stereocenters. The Morgan fingerprint density at radius 1 is 1.31 bits per heavy atom. The molecule has 2 aliphatic rings. The van der Waals surface area contributed by atoms with Gasteiger partial charge in [0.05, 0.1) is 17.1 Å². The molecular weight excluding hydrogens is 354 g/mol. The largest absolute Gasteiger partial charge is 0.349 e. The summed E-state index contributed by atoms with van der Waals surface area (Å²) in [6.07, 6.45) is 2.58. The highest BCUT2D eigenvalue weighted by atomic mass is 32.2. The van der Waals surface area contributed by atoms with E-state index in [1.54, 1.807) is 12.1 Å². The second-order valence-corrected chi connectivity index (χ2v) is 8.32. The number of nitrogens with one attached hydrogen (secondary N) is 2. The lowest BCUT2D eigenvalue weighted by molar-refractivity contribution is 0.0923. The topological polar surface area (TPSA) is 119 Å². The Balaban J connectivity index is 1.44. The van der Waals surface area contributed by atoms with Crippen LogP contribution >= 0.6 is 0 Å². The quantitative estimate of drug-likeness (QED) is 0.691. The fraction of sp³-hybridized carbons (Fsp3) is 0.412. The third-order valence-electron chi connectivity index (χ3n) is 4.98. The lowest BCUT2D eigenvalue weighted by Crippen LogP contribution is -2.38. The molecule has 1 aromatic heterocycles. The molecule has 1 aromatic carbocycles. The molecule has 9 heteroatoms. The zero-order valence-corrected chi connectivity index (χ0v) is 15.1. The smallest absolute Gasteiger partial charge is 0.269 e. The molecule has 2 aromatic rings. The maximum Gasteiger partial charge on any atom is 0.269 e. The van der Waals surface area contributed by atoms with Crippen LogP contribution in [0.25, 0.3) is 0 Å². The molecule has 2 heterocycles. The summed E-state index contributed by atoms with van der Waals surface area (Å²) >= 11 is 0. The predicted molar refractivity (Wildman–Crippen MR) is 95.0 cm³/mol. The first-order chi connectivity index (χ1) is 12.4. The summed E-state index contributed by atoms with van der Waals surface area (Å²) in [6.45, 7) is 1.98. The van der Waals surface area contributed by atoms with E-state index < -0.39 is 10.0 Å². The molecule has 26 heavy (non-hydrogen) atoms. The Morgan fingerprint density at radius 2 is 2.08 bits per heavy atom. The summed E-state index contributed by atoms with van der Waals surface area (Å²) < 4.78 is 24.4. The van der Waals surface area contributed by atoms with Crippen LogP contribution < -0.4 is 15.8 Å². The van der Waals surface area contributed by atoms with Crippen molar-refractivity contribution in [2.45, 2.75) is 43.3 Å². The summed E-state index contributed by atoms with van der Waals surface area (Å²) in [5, 5.41) is 16.1. The number of hydrogen-bond acceptors (Lipinski definition) is 5. The van der Waals surface area contributed by atoms with Gasteiger partial charge in [0.15, 0.2) is 0 Å². The van der Waals surface area contributed by atoms with Crippen LogP contribution in [-0.2, 0) is 36.0 Å². The number of primary sulfonamides is 1. The van der Waals surface area contributed by atoms with Crippen molar-refractivity contribution >= 4 is 15.9 Å². The molecule has 0 saturated heterocycles. The van der Waals surface area contributed by atoms with Gasteiger partial charge in [0.2, 0.25) is 10.0 Å². The van der Waals surface area contributed by atoms with Crippen molar-refractivity contribution in [2.75, 3.05) is 6.54 Å². The van der Waals surface area contributed by atoms with Crippen LogP contribution in [0.3, 0.4) is 0 Å². The summed E-state index contributed by atoms with van der Waals surface area (Å²) in [5.41, 5.74) is 3.77. The van der Waals surface area contributed by atoms with Crippen LogP contribution in [0.2, 0.25) is 0 Å². The maximum atomic E-state index is 12.2. The number of fused-ring (bicyclic) bond motifs is 3. The summed E-state index contributed by atoms with van der Waals surface area (Å²) in [5.74, 6) is -0.0377. The molecule has 1 aliphatic carbocycles. The molecule has 4 rings (SSSR count). The highest BCUT2D eigenvalue weighted by Gasteiger charge is 2.30. The molecule has 4 N–H and O–H groups in total. The molecule has 1 amide bonds. The molecule has 1 aliphatic heterocycles. The van der Waals surface area contributed by atoms with Crippen molar-refractivity contribution in [1.82, 2.24) is 20.4 Å². The van der Waals surface area contributed by atoms with E-state index in [1.165, 1.54) is 12.1 Å². The first-order valence-electron chi connectivity index (χ1n) is 8.64. The number of carbonyl (C=O) groups is 1. The van der Waals surface area contributed by atoms with Gasteiger partial charge >= 0.3 is 0 Å². The van der Waals surface area contributed by atoms with E-state index in [-0.39, 0.29) is 16.8 Å². The molecule has 1 atom stereocenters. The van der Waals surface area contributed by atoms with Gasteiger partial charge in [-0.25, -0.2) is 13.6 Å². The number of hydrogen-bond donors (Lipinski definition) is 3. The summed E-state index contributed by atoms with van der Waals surface area (Å²) in [6, 6.07) is 6.81. The average Bonchev–Trinajstić information content (AvgIpc) is 2.98. The first-order valence-corrected chi connectivity index (χ1v) is 10.2. The van der Waals surface area contributed by atoms with Gasteiger partial charge in [-0.05, 0) is 37.0 Å². The number of aromatic nitrogens is 2. The van der Waals surface area contributed by atoms with E-state index in [2.05, 4.69) is 15.7 Å². The van der Waals surface area contributed by atoms with E-state index >= 15 is 0 Å². The van der Waals surface area contributed by atoms with Crippen molar-refractivity contribution in [3.05, 3.63) is 46.8 Å². The minimum atomic E-state index is -3.66. The van der Waals surface area contributed by atoms with Crippen LogP contribution in [0.1, 0.15) is 33.7 Å². The molecular formula is C17H21N5O3S. The van der Waals surface area contributed by atoms with Crippen LogP contribution in [-0.4, -0.2) is 36.7 Å². The Hall–Kier alpha value is -2.23. The zero-order chi connectivity index (χ0) is 18.3. The molecule has 138 valence electrons. The van der Waals surface area contributed by atoms with Gasteiger partial charge < -0.3 is 10.6 Å².